The van der Waals surface area contributed by atoms with Crippen molar-refractivity contribution >= 4 is 34.8 Å². The molecule has 0 aliphatic carbocycles. The summed E-state index contributed by atoms with van der Waals surface area (Å²) in [6.45, 7) is 6.14. The zero-order valence-electron chi connectivity index (χ0n) is 18.1. The van der Waals surface area contributed by atoms with Gasteiger partial charge in [-0.05, 0) is 30.3 Å². The Morgan fingerprint density at radius 2 is 1.81 bits per heavy atom. The maximum absolute atomic E-state index is 12.9. The highest BCUT2D eigenvalue weighted by atomic mass is 35.5. The smallest absolute Gasteiger partial charge is 0.337 e. The largest absolute Gasteiger partial charge is 0.465 e. The van der Waals surface area contributed by atoms with E-state index in [0.29, 0.717) is 38.9 Å². The van der Waals surface area contributed by atoms with Crippen molar-refractivity contribution < 1.29 is 14.3 Å². The number of fused-ring (bicyclic) bond motifs is 1. The lowest BCUT2D eigenvalue weighted by atomic mass is 9.92. The lowest BCUT2D eigenvalue weighted by molar-refractivity contribution is 0.0600. The fourth-order valence-electron chi connectivity index (χ4n) is 3.30. The molecule has 0 atom stereocenters. The topological polar surface area (TPSA) is 101 Å². The van der Waals surface area contributed by atoms with Crippen molar-refractivity contribution in [2.75, 3.05) is 12.4 Å². The van der Waals surface area contributed by atoms with E-state index >= 15 is 0 Å². The van der Waals surface area contributed by atoms with Crippen molar-refractivity contribution in [3.63, 3.8) is 0 Å². The molecule has 8 nitrogen and oxygen atoms in total. The third kappa shape index (κ3) is 3.97. The second-order valence-electron chi connectivity index (χ2n) is 8.29. The van der Waals surface area contributed by atoms with Crippen LogP contribution in [0.3, 0.4) is 0 Å². The summed E-state index contributed by atoms with van der Waals surface area (Å²) in [7, 11) is 1.29. The van der Waals surface area contributed by atoms with E-state index < -0.39 is 5.97 Å². The Labute approximate surface area is 189 Å². The van der Waals surface area contributed by atoms with Crippen LogP contribution < -0.4 is 5.32 Å². The molecule has 0 saturated heterocycles. The van der Waals surface area contributed by atoms with E-state index in [0.717, 1.165) is 5.69 Å². The summed E-state index contributed by atoms with van der Waals surface area (Å²) in [5.41, 5.74) is 2.95. The van der Waals surface area contributed by atoms with Crippen molar-refractivity contribution in [3.8, 4) is 11.4 Å². The number of para-hydroxylation sites is 1. The van der Waals surface area contributed by atoms with Gasteiger partial charge in [0.05, 0.1) is 24.1 Å². The third-order valence-corrected chi connectivity index (χ3v) is 5.31. The average Bonchev–Trinajstić information content (AvgIpc) is 3.33. The number of carbonyl (C=O) groups excluding carboxylic acids is 2. The fraction of sp³-hybridized carbons (Fsp3) is 0.217. The minimum atomic E-state index is -0.510. The fourth-order valence-corrected chi connectivity index (χ4v) is 3.74. The van der Waals surface area contributed by atoms with E-state index in [1.54, 1.807) is 30.3 Å². The standard InChI is InChI=1S/C23H22ClN5O3/c1-23(2,3)18-17(24)20-26-19(28-29(20)27-18)15-10-5-6-11-16(15)25-21(30)13-8-7-9-14(12-13)22(31)32-4/h5-12,27H,1-4H3,(H,25,30). The SMILES string of the molecule is COC(=O)c1cccc(C(=O)Nc2ccccc2-c2nc3c(Cl)c(C(C)(C)C)[nH]n3n2)c1. The lowest BCUT2D eigenvalue weighted by Gasteiger charge is -2.16. The predicted molar refractivity (Wildman–Crippen MR) is 122 cm³/mol. The maximum Gasteiger partial charge on any atom is 0.337 e. The zero-order valence-corrected chi connectivity index (χ0v) is 18.8. The highest BCUT2D eigenvalue weighted by Gasteiger charge is 2.25. The van der Waals surface area contributed by atoms with Gasteiger partial charge in [-0.3, -0.25) is 9.89 Å². The Kier molecular flexibility index (Phi) is 5.48. The van der Waals surface area contributed by atoms with E-state index in [2.05, 4.69) is 20.5 Å². The number of H-pyrrole nitrogens is 1. The molecule has 4 aromatic rings. The first kappa shape index (κ1) is 21.6. The average molecular weight is 452 g/mol. The van der Waals surface area contributed by atoms with Gasteiger partial charge in [0.2, 0.25) is 0 Å². The van der Waals surface area contributed by atoms with E-state index in [1.165, 1.54) is 17.8 Å². The van der Waals surface area contributed by atoms with Gasteiger partial charge in [0.25, 0.3) is 5.91 Å². The molecule has 164 valence electrons. The molecule has 9 heteroatoms. The Balaban J connectivity index is 1.67. The Morgan fingerprint density at radius 1 is 1.09 bits per heavy atom. The van der Waals surface area contributed by atoms with Crippen LogP contribution in [0.25, 0.3) is 17.0 Å². The number of esters is 1. The lowest BCUT2D eigenvalue weighted by Crippen LogP contribution is -2.14. The number of aromatic nitrogens is 4. The number of carbonyl (C=O) groups is 2. The van der Waals surface area contributed by atoms with Crippen LogP contribution in [0.2, 0.25) is 5.02 Å². The highest BCUT2D eigenvalue weighted by molar-refractivity contribution is 6.34. The van der Waals surface area contributed by atoms with Gasteiger partial charge < -0.3 is 10.1 Å². The van der Waals surface area contributed by atoms with Crippen LogP contribution in [0.4, 0.5) is 5.69 Å². The number of benzene rings is 2. The first-order valence-corrected chi connectivity index (χ1v) is 10.3. The van der Waals surface area contributed by atoms with Crippen LogP contribution in [-0.4, -0.2) is 38.8 Å². The summed E-state index contributed by atoms with van der Waals surface area (Å²) >= 11 is 6.54. The number of amides is 1. The van der Waals surface area contributed by atoms with Crippen LogP contribution in [0.15, 0.2) is 48.5 Å². The predicted octanol–water partition coefficient (Wildman–Crippen LogP) is 4.71. The number of methoxy groups -OCH3 is 1. The molecular formula is C23H22ClN5O3. The molecule has 0 bridgehead atoms. The van der Waals surface area contributed by atoms with Gasteiger partial charge in [-0.15, -0.1) is 5.10 Å². The summed E-state index contributed by atoms with van der Waals surface area (Å²) in [5.74, 6) is -0.470. The molecular weight excluding hydrogens is 430 g/mol. The molecule has 2 aromatic heterocycles. The molecule has 0 fully saturated rings. The molecule has 0 spiro atoms. The second-order valence-corrected chi connectivity index (χ2v) is 8.67. The molecule has 0 aliphatic rings. The number of ether oxygens (including phenoxy) is 1. The number of rotatable bonds is 4. The number of aromatic amines is 1. The van der Waals surface area contributed by atoms with Crippen molar-refractivity contribution in [2.45, 2.75) is 26.2 Å². The van der Waals surface area contributed by atoms with Crippen molar-refractivity contribution in [1.29, 1.82) is 0 Å². The van der Waals surface area contributed by atoms with E-state index in [9.17, 15) is 9.59 Å². The monoisotopic (exact) mass is 451 g/mol. The van der Waals surface area contributed by atoms with Gasteiger partial charge in [-0.25, -0.2) is 9.78 Å². The first-order valence-electron chi connectivity index (χ1n) is 9.93. The normalized spacial score (nSPS) is 11.5. The summed E-state index contributed by atoms with van der Waals surface area (Å²) in [5, 5.41) is 11.1. The Hall–Kier alpha value is -3.65. The van der Waals surface area contributed by atoms with Gasteiger partial charge in [-0.1, -0.05) is 50.6 Å². The molecule has 2 heterocycles. The van der Waals surface area contributed by atoms with Crippen LogP contribution in [-0.2, 0) is 10.2 Å². The van der Waals surface area contributed by atoms with Gasteiger partial charge in [-0.2, -0.15) is 4.63 Å². The van der Waals surface area contributed by atoms with Crippen LogP contribution in [0, 0.1) is 0 Å². The van der Waals surface area contributed by atoms with E-state index in [4.69, 9.17) is 16.3 Å². The van der Waals surface area contributed by atoms with Gasteiger partial charge >= 0.3 is 5.97 Å². The number of anilines is 1. The summed E-state index contributed by atoms with van der Waals surface area (Å²) in [4.78, 5) is 29.2. The number of halogens is 1. The molecule has 4 rings (SSSR count). The summed E-state index contributed by atoms with van der Waals surface area (Å²) in [6.07, 6.45) is 0. The highest BCUT2D eigenvalue weighted by Crippen LogP contribution is 2.33. The third-order valence-electron chi connectivity index (χ3n) is 4.95. The van der Waals surface area contributed by atoms with Crippen molar-refractivity contribution in [3.05, 3.63) is 70.4 Å². The molecule has 2 aromatic carbocycles. The Morgan fingerprint density at radius 3 is 2.50 bits per heavy atom. The number of nitrogens with one attached hydrogen (secondary N) is 2. The molecule has 0 aliphatic heterocycles. The molecule has 1 amide bonds. The van der Waals surface area contributed by atoms with Crippen LogP contribution >= 0.6 is 11.6 Å². The minimum absolute atomic E-state index is 0.190. The van der Waals surface area contributed by atoms with Gasteiger partial charge in [0, 0.05) is 16.5 Å². The summed E-state index contributed by atoms with van der Waals surface area (Å²) in [6, 6.07) is 13.5. The first-order chi connectivity index (χ1) is 15.2. The Bertz CT molecular complexity index is 1330. The zero-order chi connectivity index (χ0) is 23.0. The maximum atomic E-state index is 12.9. The number of hydrogen-bond acceptors (Lipinski definition) is 5. The second kappa shape index (κ2) is 8.12. The molecule has 0 unspecified atom stereocenters. The van der Waals surface area contributed by atoms with Crippen LogP contribution in [0.5, 0.6) is 0 Å². The number of hydrogen-bond donors (Lipinski definition) is 2. The van der Waals surface area contributed by atoms with E-state index in [-0.39, 0.29) is 11.3 Å². The van der Waals surface area contributed by atoms with Crippen molar-refractivity contribution in [2.24, 2.45) is 0 Å². The number of nitrogens with zero attached hydrogens (tertiary/aromatic N) is 3. The summed E-state index contributed by atoms with van der Waals surface area (Å²) < 4.78 is 6.26. The molecule has 0 radical (unpaired) electrons. The van der Waals surface area contributed by atoms with E-state index in [1.807, 2.05) is 32.9 Å². The van der Waals surface area contributed by atoms with Gasteiger partial charge in [0.1, 0.15) is 5.02 Å². The molecule has 32 heavy (non-hydrogen) atoms. The minimum Gasteiger partial charge on any atom is -0.465 e. The molecule has 0 saturated carbocycles. The van der Waals surface area contributed by atoms with Crippen molar-refractivity contribution in [1.82, 2.24) is 19.8 Å². The quantitative estimate of drug-likeness (QED) is 0.437. The van der Waals surface area contributed by atoms with Crippen LogP contribution in [0.1, 0.15) is 47.2 Å². The van der Waals surface area contributed by atoms with Gasteiger partial charge in [0.15, 0.2) is 11.5 Å². The molecule has 2 N–H and O–H groups in total.